The Labute approximate surface area is 148 Å². The number of fused-ring (bicyclic) bond motifs is 1. The van der Waals surface area contributed by atoms with Crippen molar-refractivity contribution in [2.45, 2.75) is 12.8 Å². The van der Waals surface area contributed by atoms with Gasteiger partial charge in [-0.05, 0) is 31.0 Å². The Morgan fingerprint density at radius 1 is 1.12 bits per heavy atom. The molecule has 1 aromatic rings. The molecule has 0 radical (unpaired) electrons. The van der Waals surface area contributed by atoms with Gasteiger partial charge in [-0.2, -0.15) is 0 Å². The van der Waals surface area contributed by atoms with Gasteiger partial charge in [-0.1, -0.05) is 15.9 Å². The largest absolute Gasteiger partial charge is 0.385 e. The van der Waals surface area contributed by atoms with Gasteiger partial charge in [0, 0.05) is 37.8 Å². The lowest BCUT2D eigenvalue weighted by Gasteiger charge is -2.14. The summed E-state index contributed by atoms with van der Waals surface area (Å²) in [7, 11) is 1.61. The lowest BCUT2D eigenvalue weighted by Crippen LogP contribution is -2.38. The van der Waals surface area contributed by atoms with Gasteiger partial charge < -0.3 is 15.4 Å². The van der Waals surface area contributed by atoms with Crippen molar-refractivity contribution >= 4 is 33.8 Å². The van der Waals surface area contributed by atoms with E-state index < -0.39 is 0 Å². The van der Waals surface area contributed by atoms with Crippen molar-refractivity contribution in [1.29, 1.82) is 0 Å². The molecule has 2 rings (SSSR count). The Hall–Kier alpha value is -1.93. The van der Waals surface area contributed by atoms with E-state index in [4.69, 9.17) is 4.74 Å². The lowest BCUT2D eigenvalue weighted by molar-refractivity contribution is 0.0653. The average Bonchev–Trinajstić information content (AvgIpc) is 2.79. The van der Waals surface area contributed by atoms with Crippen LogP contribution in [0.2, 0.25) is 0 Å². The van der Waals surface area contributed by atoms with Crippen LogP contribution < -0.4 is 10.6 Å². The second-order valence-corrected chi connectivity index (χ2v) is 6.25. The SMILES string of the molecule is COCCCNC(=O)NCCCN1C(=O)c2ccc(Br)cc2C1=O. The van der Waals surface area contributed by atoms with Gasteiger partial charge in [0.2, 0.25) is 0 Å². The number of carbonyl (C=O) groups is 3. The van der Waals surface area contributed by atoms with Gasteiger partial charge in [-0.3, -0.25) is 14.5 Å². The molecule has 0 saturated carbocycles. The molecule has 8 heteroatoms. The van der Waals surface area contributed by atoms with Gasteiger partial charge in [-0.15, -0.1) is 0 Å². The molecule has 1 heterocycles. The van der Waals surface area contributed by atoms with Gasteiger partial charge in [0.25, 0.3) is 11.8 Å². The number of nitrogens with zero attached hydrogens (tertiary/aromatic N) is 1. The first-order valence-electron chi connectivity index (χ1n) is 7.71. The summed E-state index contributed by atoms with van der Waals surface area (Å²) in [5.74, 6) is -0.577. The zero-order chi connectivity index (χ0) is 17.5. The van der Waals surface area contributed by atoms with Crippen molar-refractivity contribution in [1.82, 2.24) is 15.5 Å². The summed E-state index contributed by atoms with van der Waals surface area (Å²) < 4.78 is 5.65. The second kappa shape index (κ2) is 8.79. The van der Waals surface area contributed by atoms with Crippen molar-refractivity contribution < 1.29 is 19.1 Å². The molecule has 1 aliphatic heterocycles. The number of halogens is 1. The van der Waals surface area contributed by atoms with Crippen LogP contribution in [-0.4, -0.2) is 56.1 Å². The fraction of sp³-hybridized carbons (Fsp3) is 0.438. The first-order chi connectivity index (χ1) is 11.5. The van der Waals surface area contributed by atoms with Gasteiger partial charge in [-0.25, -0.2) is 4.79 Å². The maximum absolute atomic E-state index is 12.3. The number of methoxy groups -OCH3 is 1. The highest BCUT2D eigenvalue weighted by Crippen LogP contribution is 2.25. The number of hydrogen-bond acceptors (Lipinski definition) is 4. The quantitative estimate of drug-likeness (QED) is 0.516. The fourth-order valence-corrected chi connectivity index (χ4v) is 2.75. The number of carbonyl (C=O) groups excluding carboxylic acids is 3. The third-order valence-corrected chi connectivity index (χ3v) is 4.08. The first kappa shape index (κ1) is 18.4. The number of nitrogens with one attached hydrogen (secondary N) is 2. The Kier molecular flexibility index (Phi) is 6.74. The van der Waals surface area contributed by atoms with Crippen molar-refractivity contribution in [3.05, 3.63) is 33.8 Å². The van der Waals surface area contributed by atoms with Crippen LogP contribution in [0.15, 0.2) is 22.7 Å². The lowest BCUT2D eigenvalue weighted by atomic mass is 10.1. The number of hydrogen-bond donors (Lipinski definition) is 2. The molecule has 0 unspecified atom stereocenters. The van der Waals surface area contributed by atoms with Crippen LogP contribution in [0.4, 0.5) is 4.79 Å². The highest BCUT2D eigenvalue weighted by molar-refractivity contribution is 9.10. The van der Waals surface area contributed by atoms with E-state index in [0.717, 1.165) is 10.9 Å². The minimum atomic E-state index is -0.291. The van der Waals surface area contributed by atoms with Crippen molar-refractivity contribution in [2.24, 2.45) is 0 Å². The highest BCUT2D eigenvalue weighted by Gasteiger charge is 2.34. The summed E-state index contributed by atoms with van der Waals surface area (Å²) in [6.45, 7) is 1.78. The van der Waals surface area contributed by atoms with E-state index in [1.165, 1.54) is 4.90 Å². The minimum absolute atomic E-state index is 0.266. The third-order valence-electron chi connectivity index (χ3n) is 3.59. The van der Waals surface area contributed by atoms with Gasteiger partial charge >= 0.3 is 6.03 Å². The zero-order valence-electron chi connectivity index (χ0n) is 13.4. The number of amides is 4. The Bertz CT molecular complexity index is 636. The minimum Gasteiger partial charge on any atom is -0.385 e. The molecule has 7 nitrogen and oxygen atoms in total. The molecular formula is C16H20BrN3O4. The van der Waals surface area contributed by atoms with Crippen LogP contribution in [0.3, 0.4) is 0 Å². The molecule has 1 aromatic carbocycles. The first-order valence-corrected chi connectivity index (χ1v) is 8.50. The molecule has 0 saturated heterocycles. The molecule has 0 fully saturated rings. The standard InChI is InChI=1S/C16H20BrN3O4/c1-24-9-3-7-19-16(23)18-6-2-8-20-14(21)12-5-4-11(17)10-13(12)15(20)22/h4-5,10H,2-3,6-9H2,1H3,(H2,18,19,23). The molecule has 0 bridgehead atoms. The number of ether oxygens (including phenoxy) is 1. The maximum Gasteiger partial charge on any atom is 0.314 e. The molecule has 130 valence electrons. The van der Waals surface area contributed by atoms with E-state index >= 15 is 0 Å². The summed E-state index contributed by atoms with van der Waals surface area (Å²) in [6.07, 6.45) is 1.24. The van der Waals surface area contributed by atoms with Gasteiger partial charge in [0.15, 0.2) is 0 Å². The van der Waals surface area contributed by atoms with Crippen molar-refractivity contribution in [3.63, 3.8) is 0 Å². The molecule has 2 N–H and O–H groups in total. The zero-order valence-corrected chi connectivity index (χ0v) is 15.0. The third kappa shape index (κ3) is 4.55. The van der Waals surface area contributed by atoms with Crippen LogP contribution >= 0.6 is 15.9 Å². The normalized spacial score (nSPS) is 13.2. The highest BCUT2D eigenvalue weighted by atomic mass is 79.9. The second-order valence-electron chi connectivity index (χ2n) is 5.33. The van der Waals surface area contributed by atoms with E-state index in [0.29, 0.717) is 37.2 Å². The number of urea groups is 1. The van der Waals surface area contributed by atoms with Crippen molar-refractivity contribution in [3.8, 4) is 0 Å². The fourth-order valence-electron chi connectivity index (χ4n) is 2.39. The number of benzene rings is 1. The topological polar surface area (TPSA) is 87.7 Å². The smallest absolute Gasteiger partial charge is 0.314 e. The molecule has 4 amide bonds. The Morgan fingerprint density at radius 3 is 2.50 bits per heavy atom. The van der Waals surface area contributed by atoms with E-state index in [1.807, 2.05) is 0 Å². The molecule has 0 atom stereocenters. The predicted molar refractivity (Wildman–Crippen MR) is 92.0 cm³/mol. The number of imide groups is 1. The predicted octanol–water partition coefficient (Wildman–Crippen LogP) is 1.77. The number of rotatable bonds is 8. The maximum atomic E-state index is 12.3. The molecule has 0 aromatic heterocycles. The van der Waals surface area contributed by atoms with Crippen LogP contribution in [-0.2, 0) is 4.74 Å². The molecule has 1 aliphatic rings. The van der Waals surface area contributed by atoms with E-state index in [1.54, 1.807) is 25.3 Å². The molecule has 0 spiro atoms. The van der Waals surface area contributed by atoms with Crippen LogP contribution in [0.1, 0.15) is 33.6 Å². The monoisotopic (exact) mass is 397 g/mol. The summed E-state index contributed by atoms with van der Waals surface area (Å²) >= 11 is 3.30. The molecular weight excluding hydrogens is 378 g/mol. The van der Waals surface area contributed by atoms with Gasteiger partial charge in [0.05, 0.1) is 11.1 Å². The summed E-state index contributed by atoms with van der Waals surface area (Å²) in [5.41, 5.74) is 0.838. The van der Waals surface area contributed by atoms with E-state index in [-0.39, 0.29) is 24.4 Å². The van der Waals surface area contributed by atoms with Gasteiger partial charge in [0.1, 0.15) is 0 Å². The Morgan fingerprint density at radius 2 is 1.79 bits per heavy atom. The van der Waals surface area contributed by atoms with Crippen LogP contribution in [0.25, 0.3) is 0 Å². The van der Waals surface area contributed by atoms with E-state index in [9.17, 15) is 14.4 Å². The summed E-state index contributed by atoms with van der Waals surface area (Å²) in [6, 6.07) is 4.77. The van der Waals surface area contributed by atoms with Crippen molar-refractivity contribution in [2.75, 3.05) is 33.4 Å². The Balaban J connectivity index is 1.73. The summed E-state index contributed by atoms with van der Waals surface area (Å²) in [4.78, 5) is 37.2. The van der Waals surface area contributed by atoms with Crippen LogP contribution in [0, 0.1) is 0 Å². The molecule has 24 heavy (non-hydrogen) atoms. The van der Waals surface area contributed by atoms with Crippen LogP contribution in [0.5, 0.6) is 0 Å². The average molecular weight is 398 g/mol. The summed E-state index contributed by atoms with van der Waals surface area (Å²) in [5, 5.41) is 5.40. The van der Waals surface area contributed by atoms with E-state index in [2.05, 4.69) is 26.6 Å². The molecule has 0 aliphatic carbocycles.